The third-order valence-electron chi connectivity index (χ3n) is 6.56. The predicted molar refractivity (Wildman–Crippen MR) is 127 cm³/mol. The third kappa shape index (κ3) is 3.55. The fraction of sp³-hybridized carbons (Fsp3) is 0.462. The Balaban J connectivity index is 1.72. The number of pyridine rings is 1. The molecule has 162 valence electrons. The van der Waals surface area contributed by atoms with E-state index in [2.05, 4.69) is 66.7 Å². The molecule has 1 aliphatic carbocycles. The molecular weight excluding hydrogens is 382 g/mol. The Morgan fingerprint density at radius 3 is 2.52 bits per heavy atom. The van der Waals surface area contributed by atoms with Crippen LogP contribution in [0, 0.1) is 33.6 Å². The minimum absolute atomic E-state index is 0.885. The number of aromatic nitrogens is 4. The second-order valence-corrected chi connectivity index (χ2v) is 9.39. The standard InChI is InChI=1S/C26H33N5/c1-6-12-29(15-21-9-10-21)16-23-20(5)28-26-30(23)22-8-7-11-27-25(22)31(26)24-18(3)13-17(2)14-19(24)4/h7-8,11,13-14,21H,6,9-10,12,15-16H2,1-5H3. The van der Waals surface area contributed by atoms with Crippen LogP contribution in [-0.4, -0.2) is 36.9 Å². The lowest BCUT2D eigenvalue weighted by atomic mass is 10.1. The molecule has 4 aromatic rings. The second kappa shape index (κ2) is 7.79. The molecule has 1 aliphatic rings. The van der Waals surface area contributed by atoms with Crippen LogP contribution in [0.15, 0.2) is 30.5 Å². The first kappa shape index (κ1) is 20.3. The van der Waals surface area contributed by atoms with Crippen molar-refractivity contribution in [1.82, 2.24) is 23.8 Å². The largest absolute Gasteiger partial charge is 0.297 e. The minimum Gasteiger partial charge on any atom is -0.297 e. The Kier molecular flexibility index (Phi) is 5.09. The van der Waals surface area contributed by atoms with E-state index < -0.39 is 0 Å². The molecule has 31 heavy (non-hydrogen) atoms. The van der Waals surface area contributed by atoms with Crippen LogP contribution in [0.4, 0.5) is 0 Å². The van der Waals surface area contributed by atoms with Crippen molar-refractivity contribution in [3.63, 3.8) is 0 Å². The molecule has 0 bridgehead atoms. The van der Waals surface area contributed by atoms with E-state index in [0.717, 1.165) is 41.6 Å². The lowest BCUT2D eigenvalue weighted by Crippen LogP contribution is -2.27. The molecule has 5 nitrogen and oxygen atoms in total. The molecule has 1 saturated carbocycles. The number of fused-ring (bicyclic) bond motifs is 3. The zero-order valence-corrected chi connectivity index (χ0v) is 19.4. The van der Waals surface area contributed by atoms with Gasteiger partial charge in [0, 0.05) is 19.3 Å². The first-order valence-electron chi connectivity index (χ1n) is 11.6. The Labute approximate surface area is 184 Å². The van der Waals surface area contributed by atoms with E-state index in [1.807, 2.05) is 12.3 Å². The Morgan fingerprint density at radius 2 is 1.84 bits per heavy atom. The zero-order valence-electron chi connectivity index (χ0n) is 19.4. The van der Waals surface area contributed by atoms with Crippen LogP contribution in [0.25, 0.3) is 22.6 Å². The Hall–Kier alpha value is -2.66. The number of hydrogen-bond acceptors (Lipinski definition) is 3. The lowest BCUT2D eigenvalue weighted by molar-refractivity contribution is 0.251. The summed E-state index contributed by atoms with van der Waals surface area (Å²) in [5, 5.41) is 0. The summed E-state index contributed by atoms with van der Waals surface area (Å²) in [6, 6.07) is 8.72. The molecule has 0 amide bonds. The van der Waals surface area contributed by atoms with Crippen molar-refractivity contribution in [3.8, 4) is 5.69 Å². The van der Waals surface area contributed by atoms with Gasteiger partial charge in [0.25, 0.3) is 0 Å². The van der Waals surface area contributed by atoms with Gasteiger partial charge in [-0.2, -0.15) is 0 Å². The van der Waals surface area contributed by atoms with Gasteiger partial charge in [0.05, 0.1) is 22.6 Å². The van der Waals surface area contributed by atoms with Gasteiger partial charge in [0.15, 0.2) is 5.65 Å². The minimum atomic E-state index is 0.885. The number of benzene rings is 1. The van der Waals surface area contributed by atoms with Crippen molar-refractivity contribution in [2.45, 2.75) is 60.4 Å². The molecule has 0 spiro atoms. The monoisotopic (exact) mass is 415 g/mol. The third-order valence-corrected chi connectivity index (χ3v) is 6.56. The van der Waals surface area contributed by atoms with Gasteiger partial charge in [0.2, 0.25) is 5.78 Å². The highest BCUT2D eigenvalue weighted by Gasteiger charge is 2.27. The predicted octanol–water partition coefficient (Wildman–Crippen LogP) is 5.53. The number of nitrogens with zero attached hydrogens (tertiary/aromatic N) is 5. The molecule has 0 radical (unpaired) electrons. The fourth-order valence-corrected chi connectivity index (χ4v) is 5.12. The smallest absolute Gasteiger partial charge is 0.221 e. The van der Waals surface area contributed by atoms with Gasteiger partial charge in [-0.25, -0.2) is 9.97 Å². The quantitative estimate of drug-likeness (QED) is 0.398. The number of rotatable bonds is 7. The van der Waals surface area contributed by atoms with E-state index in [1.165, 1.54) is 53.9 Å². The van der Waals surface area contributed by atoms with E-state index in [9.17, 15) is 0 Å². The van der Waals surface area contributed by atoms with E-state index in [1.54, 1.807) is 0 Å². The molecule has 5 heteroatoms. The van der Waals surface area contributed by atoms with Gasteiger partial charge in [-0.05, 0) is 82.7 Å². The van der Waals surface area contributed by atoms with Gasteiger partial charge in [-0.15, -0.1) is 0 Å². The number of aryl methyl sites for hydroxylation is 4. The highest BCUT2D eigenvalue weighted by atomic mass is 15.3. The summed E-state index contributed by atoms with van der Waals surface area (Å²) in [5.41, 5.74) is 9.52. The van der Waals surface area contributed by atoms with Gasteiger partial charge in [0.1, 0.15) is 0 Å². The normalized spacial score (nSPS) is 14.4. The first-order valence-corrected chi connectivity index (χ1v) is 11.6. The van der Waals surface area contributed by atoms with Gasteiger partial charge < -0.3 is 0 Å². The average Bonchev–Trinajstić information content (AvgIpc) is 3.41. The van der Waals surface area contributed by atoms with E-state index >= 15 is 0 Å². The maximum absolute atomic E-state index is 5.10. The van der Waals surface area contributed by atoms with Crippen LogP contribution in [0.5, 0.6) is 0 Å². The molecule has 0 saturated heterocycles. The maximum Gasteiger partial charge on any atom is 0.221 e. The topological polar surface area (TPSA) is 38.4 Å². The highest BCUT2D eigenvalue weighted by molar-refractivity contribution is 5.81. The van der Waals surface area contributed by atoms with Crippen molar-refractivity contribution < 1.29 is 0 Å². The van der Waals surface area contributed by atoms with Crippen LogP contribution in [0.2, 0.25) is 0 Å². The summed E-state index contributed by atoms with van der Waals surface area (Å²) < 4.78 is 4.62. The fourth-order valence-electron chi connectivity index (χ4n) is 5.12. The first-order chi connectivity index (χ1) is 15.0. The maximum atomic E-state index is 5.10. The number of imidazole rings is 2. The van der Waals surface area contributed by atoms with Gasteiger partial charge in [-0.1, -0.05) is 24.6 Å². The molecule has 5 rings (SSSR count). The van der Waals surface area contributed by atoms with E-state index in [-0.39, 0.29) is 0 Å². The van der Waals surface area contributed by atoms with Crippen LogP contribution in [0.1, 0.15) is 54.3 Å². The zero-order chi connectivity index (χ0) is 21.7. The number of hydrogen-bond donors (Lipinski definition) is 0. The summed E-state index contributed by atoms with van der Waals surface area (Å²) in [6.45, 7) is 14.3. The summed E-state index contributed by atoms with van der Waals surface area (Å²) in [5.74, 6) is 1.86. The van der Waals surface area contributed by atoms with Gasteiger partial charge in [-0.3, -0.25) is 13.9 Å². The molecule has 1 fully saturated rings. The Morgan fingerprint density at radius 1 is 1.10 bits per heavy atom. The van der Waals surface area contributed by atoms with Crippen LogP contribution < -0.4 is 0 Å². The lowest BCUT2D eigenvalue weighted by Gasteiger charge is -2.21. The summed E-state index contributed by atoms with van der Waals surface area (Å²) in [7, 11) is 0. The Bertz CT molecular complexity index is 1240. The molecule has 0 N–H and O–H groups in total. The summed E-state index contributed by atoms with van der Waals surface area (Å²) in [6.07, 6.45) is 5.84. The van der Waals surface area contributed by atoms with Crippen molar-refractivity contribution in [3.05, 3.63) is 58.5 Å². The van der Waals surface area contributed by atoms with Crippen molar-refractivity contribution >= 4 is 16.9 Å². The summed E-state index contributed by atoms with van der Waals surface area (Å²) in [4.78, 5) is 12.5. The molecule has 1 aromatic carbocycles. The van der Waals surface area contributed by atoms with Crippen molar-refractivity contribution in [2.24, 2.45) is 5.92 Å². The summed E-state index contributed by atoms with van der Waals surface area (Å²) >= 11 is 0. The highest BCUT2D eigenvalue weighted by Crippen LogP contribution is 2.33. The molecule has 3 aromatic heterocycles. The molecule has 3 heterocycles. The van der Waals surface area contributed by atoms with Crippen LogP contribution in [0.3, 0.4) is 0 Å². The van der Waals surface area contributed by atoms with E-state index in [0.29, 0.717) is 0 Å². The average molecular weight is 416 g/mol. The van der Waals surface area contributed by atoms with Gasteiger partial charge >= 0.3 is 0 Å². The van der Waals surface area contributed by atoms with Crippen LogP contribution >= 0.6 is 0 Å². The molecule has 0 aliphatic heterocycles. The van der Waals surface area contributed by atoms with E-state index in [4.69, 9.17) is 9.97 Å². The molecule has 0 atom stereocenters. The SMILES string of the molecule is CCCN(Cc1c(C)nc2n(-c3c(C)cc(C)cc3C)c3ncccc3n12)CC1CC1. The molecular formula is C26H33N5. The van der Waals surface area contributed by atoms with Crippen LogP contribution in [-0.2, 0) is 6.54 Å². The van der Waals surface area contributed by atoms with Crippen molar-refractivity contribution in [1.29, 1.82) is 0 Å². The second-order valence-electron chi connectivity index (χ2n) is 9.39. The van der Waals surface area contributed by atoms with Crippen molar-refractivity contribution in [2.75, 3.05) is 13.1 Å². The molecule has 0 unspecified atom stereocenters.